The summed E-state index contributed by atoms with van der Waals surface area (Å²) in [5.74, 6) is -0.0306. The van der Waals surface area contributed by atoms with Crippen molar-refractivity contribution in [3.63, 3.8) is 0 Å². The van der Waals surface area contributed by atoms with Gasteiger partial charge >= 0.3 is 0 Å². The van der Waals surface area contributed by atoms with Gasteiger partial charge in [-0.05, 0) is 13.1 Å². The van der Waals surface area contributed by atoms with E-state index in [1.54, 1.807) is 18.0 Å². The number of amides is 1. The van der Waals surface area contributed by atoms with Crippen molar-refractivity contribution < 1.29 is 9.59 Å². The van der Waals surface area contributed by atoms with Crippen LogP contribution in [0.15, 0.2) is 12.2 Å². The van der Waals surface area contributed by atoms with Gasteiger partial charge in [-0.1, -0.05) is 6.08 Å². The zero-order valence-electron chi connectivity index (χ0n) is 7.41. The van der Waals surface area contributed by atoms with E-state index in [2.05, 4.69) is 5.32 Å². The average Bonchev–Trinajstić information content (AvgIpc) is 2.05. The van der Waals surface area contributed by atoms with Crippen LogP contribution in [0, 0.1) is 0 Å². The molecule has 1 N–H and O–H groups in total. The Morgan fingerprint density at radius 3 is 2.75 bits per heavy atom. The van der Waals surface area contributed by atoms with Crippen molar-refractivity contribution in [3.8, 4) is 0 Å². The normalized spacial score (nSPS) is 10.6. The van der Waals surface area contributed by atoms with Gasteiger partial charge in [-0.2, -0.15) is 0 Å². The molecule has 0 aromatic heterocycles. The van der Waals surface area contributed by atoms with Crippen LogP contribution < -0.4 is 5.32 Å². The van der Waals surface area contributed by atoms with Crippen LogP contribution in [-0.2, 0) is 9.59 Å². The van der Waals surface area contributed by atoms with E-state index in [1.807, 2.05) is 7.05 Å². The zero-order chi connectivity index (χ0) is 9.40. The summed E-state index contributed by atoms with van der Waals surface area (Å²) in [4.78, 5) is 22.5. The Morgan fingerprint density at radius 2 is 2.25 bits per heavy atom. The third-order valence-corrected chi connectivity index (χ3v) is 1.32. The third-order valence-electron chi connectivity index (χ3n) is 1.32. The van der Waals surface area contributed by atoms with Gasteiger partial charge in [0.25, 0.3) is 0 Å². The lowest BCUT2D eigenvalue weighted by atomic mass is 10.4. The smallest absolute Gasteiger partial charge is 0.233 e. The van der Waals surface area contributed by atoms with Gasteiger partial charge < -0.3 is 5.32 Å². The standard InChI is InChI=1S/C8H14N2O2/c1-9-8(12)7-10(2)5-3-4-6-11/h3-4,6H,5,7H2,1-2H3,(H,9,12)/b4-3+. The van der Waals surface area contributed by atoms with Crippen LogP contribution in [-0.4, -0.2) is 44.3 Å². The highest BCUT2D eigenvalue weighted by atomic mass is 16.1. The number of carbonyl (C=O) groups is 2. The average molecular weight is 170 g/mol. The van der Waals surface area contributed by atoms with Crippen LogP contribution >= 0.6 is 0 Å². The van der Waals surface area contributed by atoms with Crippen molar-refractivity contribution >= 4 is 12.2 Å². The maximum atomic E-state index is 10.8. The first-order chi connectivity index (χ1) is 5.70. The molecule has 0 bridgehead atoms. The fourth-order valence-corrected chi connectivity index (χ4v) is 0.685. The maximum Gasteiger partial charge on any atom is 0.233 e. The van der Waals surface area contributed by atoms with Crippen LogP contribution in [0.25, 0.3) is 0 Å². The monoisotopic (exact) mass is 170 g/mol. The summed E-state index contributed by atoms with van der Waals surface area (Å²) in [7, 11) is 3.40. The fourth-order valence-electron chi connectivity index (χ4n) is 0.685. The van der Waals surface area contributed by atoms with E-state index in [0.717, 1.165) is 0 Å². The number of aldehydes is 1. The number of nitrogens with one attached hydrogen (secondary N) is 1. The molecule has 0 aliphatic rings. The Hall–Kier alpha value is -1.16. The Morgan fingerprint density at radius 1 is 1.58 bits per heavy atom. The largest absolute Gasteiger partial charge is 0.358 e. The second-order valence-corrected chi connectivity index (χ2v) is 2.43. The molecule has 68 valence electrons. The van der Waals surface area contributed by atoms with Crippen molar-refractivity contribution in [1.82, 2.24) is 10.2 Å². The topological polar surface area (TPSA) is 49.4 Å². The number of nitrogens with zero attached hydrogens (tertiary/aromatic N) is 1. The van der Waals surface area contributed by atoms with E-state index in [4.69, 9.17) is 0 Å². The molecule has 0 spiro atoms. The molecule has 0 aliphatic carbocycles. The van der Waals surface area contributed by atoms with Crippen molar-refractivity contribution in [2.75, 3.05) is 27.2 Å². The quantitative estimate of drug-likeness (QED) is 0.443. The molecular weight excluding hydrogens is 156 g/mol. The predicted molar refractivity (Wildman–Crippen MR) is 46.8 cm³/mol. The van der Waals surface area contributed by atoms with Crippen LogP contribution in [0.2, 0.25) is 0 Å². The molecule has 0 aromatic rings. The summed E-state index contributed by atoms with van der Waals surface area (Å²) < 4.78 is 0. The molecule has 0 aromatic carbocycles. The van der Waals surface area contributed by atoms with Gasteiger partial charge in [-0.25, -0.2) is 0 Å². The van der Waals surface area contributed by atoms with Gasteiger partial charge in [0.05, 0.1) is 6.54 Å². The lowest BCUT2D eigenvalue weighted by molar-refractivity contribution is -0.121. The lowest BCUT2D eigenvalue weighted by Gasteiger charge is -2.11. The number of hydrogen-bond donors (Lipinski definition) is 1. The predicted octanol–water partition coefficient (Wildman–Crippen LogP) is -0.581. The summed E-state index contributed by atoms with van der Waals surface area (Å²) in [5.41, 5.74) is 0. The molecule has 0 heterocycles. The SMILES string of the molecule is CNC(=O)CN(C)C/C=C/C=O. The van der Waals surface area contributed by atoms with Crippen molar-refractivity contribution in [3.05, 3.63) is 12.2 Å². The Bertz CT molecular complexity index is 178. The van der Waals surface area contributed by atoms with Crippen LogP contribution in [0.4, 0.5) is 0 Å². The summed E-state index contributed by atoms with van der Waals surface area (Å²) in [5, 5.41) is 2.51. The molecular formula is C8H14N2O2. The Labute approximate surface area is 72.2 Å². The molecule has 0 atom stereocenters. The summed E-state index contributed by atoms with van der Waals surface area (Å²) in [6.45, 7) is 0.950. The molecule has 4 heteroatoms. The van der Waals surface area contributed by atoms with Crippen molar-refractivity contribution in [2.24, 2.45) is 0 Å². The second-order valence-electron chi connectivity index (χ2n) is 2.43. The number of rotatable bonds is 5. The maximum absolute atomic E-state index is 10.8. The summed E-state index contributed by atoms with van der Waals surface area (Å²) in [6, 6.07) is 0. The molecule has 12 heavy (non-hydrogen) atoms. The molecule has 0 aliphatic heterocycles. The minimum Gasteiger partial charge on any atom is -0.358 e. The van der Waals surface area contributed by atoms with E-state index >= 15 is 0 Å². The minimum atomic E-state index is -0.0306. The number of likely N-dealkylation sites (N-methyl/N-ethyl adjacent to an activating group) is 2. The Kier molecular flexibility index (Phi) is 5.91. The molecule has 0 unspecified atom stereocenters. The highest BCUT2D eigenvalue weighted by Gasteiger charge is 2.00. The van der Waals surface area contributed by atoms with E-state index in [1.165, 1.54) is 6.08 Å². The summed E-state index contributed by atoms with van der Waals surface area (Å²) in [6.07, 6.45) is 3.84. The van der Waals surface area contributed by atoms with Gasteiger partial charge in [0.2, 0.25) is 5.91 Å². The van der Waals surface area contributed by atoms with E-state index in [9.17, 15) is 9.59 Å². The molecule has 0 radical (unpaired) electrons. The first kappa shape index (κ1) is 10.8. The number of carbonyl (C=O) groups excluding carboxylic acids is 2. The van der Waals surface area contributed by atoms with Crippen LogP contribution in [0.3, 0.4) is 0 Å². The lowest BCUT2D eigenvalue weighted by Crippen LogP contribution is -2.33. The molecule has 1 amide bonds. The molecule has 0 saturated heterocycles. The molecule has 4 nitrogen and oxygen atoms in total. The summed E-state index contributed by atoms with van der Waals surface area (Å²) >= 11 is 0. The highest BCUT2D eigenvalue weighted by Crippen LogP contribution is 1.82. The number of hydrogen-bond acceptors (Lipinski definition) is 3. The molecule has 0 fully saturated rings. The van der Waals surface area contributed by atoms with Gasteiger partial charge in [0.1, 0.15) is 6.29 Å². The minimum absolute atomic E-state index is 0.0306. The molecule has 0 rings (SSSR count). The Balaban J connectivity index is 3.58. The van der Waals surface area contributed by atoms with Crippen LogP contribution in [0.1, 0.15) is 0 Å². The van der Waals surface area contributed by atoms with E-state index in [0.29, 0.717) is 19.4 Å². The van der Waals surface area contributed by atoms with Gasteiger partial charge in [-0.15, -0.1) is 0 Å². The fraction of sp³-hybridized carbons (Fsp3) is 0.500. The van der Waals surface area contributed by atoms with Crippen LogP contribution in [0.5, 0.6) is 0 Å². The van der Waals surface area contributed by atoms with Crippen molar-refractivity contribution in [2.45, 2.75) is 0 Å². The molecule has 0 saturated carbocycles. The van der Waals surface area contributed by atoms with Gasteiger partial charge in [0.15, 0.2) is 0 Å². The van der Waals surface area contributed by atoms with Crippen molar-refractivity contribution in [1.29, 1.82) is 0 Å². The zero-order valence-corrected chi connectivity index (χ0v) is 7.41. The van der Waals surface area contributed by atoms with E-state index in [-0.39, 0.29) is 5.91 Å². The van der Waals surface area contributed by atoms with E-state index < -0.39 is 0 Å². The van der Waals surface area contributed by atoms with Gasteiger partial charge in [-0.3, -0.25) is 14.5 Å². The number of allylic oxidation sites excluding steroid dienone is 1. The first-order valence-corrected chi connectivity index (χ1v) is 3.70. The second kappa shape index (κ2) is 6.54. The highest BCUT2D eigenvalue weighted by molar-refractivity contribution is 5.77. The first-order valence-electron chi connectivity index (χ1n) is 3.70. The van der Waals surface area contributed by atoms with Gasteiger partial charge in [0, 0.05) is 13.6 Å². The third kappa shape index (κ3) is 5.61.